The van der Waals surface area contributed by atoms with Gasteiger partial charge in [0, 0.05) is 30.2 Å². The highest BCUT2D eigenvalue weighted by molar-refractivity contribution is 5.80. The summed E-state index contributed by atoms with van der Waals surface area (Å²) < 4.78 is 1.27. The van der Waals surface area contributed by atoms with Crippen molar-refractivity contribution >= 4 is 23.5 Å². The van der Waals surface area contributed by atoms with Crippen LogP contribution in [0.4, 0.5) is 0 Å². The van der Waals surface area contributed by atoms with Crippen molar-refractivity contribution in [1.82, 2.24) is 14.9 Å². The molecule has 2 heterocycles. The normalized spacial score (nSPS) is 16.7. The molecule has 1 aromatic heterocycles. The molecule has 0 spiro atoms. The molecule has 3 N–H and O–H groups in total. The van der Waals surface area contributed by atoms with Crippen molar-refractivity contribution in [2.45, 2.75) is 57.4 Å². The Labute approximate surface area is 200 Å². The monoisotopic (exact) mass is 479 g/mol. The Balaban J connectivity index is 1.66. The zero-order chi connectivity index (χ0) is 24.9. The molecule has 10 heteroatoms. The average molecular weight is 480 g/mol. The van der Waals surface area contributed by atoms with Gasteiger partial charge in [-0.25, -0.2) is 9.79 Å². The smallest absolute Gasteiger partial charge is 0.331 e. The van der Waals surface area contributed by atoms with E-state index in [1.807, 2.05) is 24.3 Å². The number of carbonyl (C=O) groups is 2. The van der Waals surface area contributed by atoms with Gasteiger partial charge >= 0.3 is 5.69 Å². The summed E-state index contributed by atoms with van der Waals surface area (Å²) in [7, 11) is 0. The lowest BCUT2D eigenvalue weighted by atomic mass is 9.95. The fraction of sp³-hybridized carbons (Fsp3) is 0.400. The van der Waals surface area contributed by atoms with Gasteiger partial charge in [-0.1, -0.05) is 37.5 Å². The molecule has 4 rings (SSSR count). The largest absolute Gasteiger partial charge is 0.550 e. The van der Waals surface area contributed by atoms with Crippen molar-refractivity contribution in [2.24, 2.45) is 4.99 Å². The number of aromatic amines is 1. The van der Waals surface area contributed by atoms with Crippen molar-refractivity contribution < 1.29 is 19.8 Å². The van der Waals surface area contributed by atoms with Crippen molar-refractivity contribution in [2.75, 3.05) is 6.54 Å². The highest BCUT2D eigenvalue weighted by Crippen LogP contribution is 2.31. The summed E-state index contributed by atoms with van der Waals surface area (Å²) in [5.74, 6) is -2.07. The third-order valence-corrected chi connectivity index (χ3v) is 6.41. The van der Waals surface area contributed by atoms with Gasteiger partial charge in [-0.2, -0.15) is 0 Å². The van der Waals surface area contributed by atoms with E-state index in [-0.39, 0.29) is 36.9 Å². The maximum atomic E-state index is 12.7. The van der Waals surface area contributed by atoms with E-state index in [0.717, 1.165) is 42.9 Å². The molecule has 0 radical (unpaired) electrons. The van der Waals surface area contributed by atoms with Crippen LogP contribution in [0.15, 0.2) is 44.5 Å². The molecular weight excluding hydrogens is 452 g/mol. The number of carboxylic acid groups (broad SMARTS) is 1. The Morgan fingerprint density at radius 2 is 1.91 bits per heavy atom. The lowest BCUT2D eigenvalue weighted by Gasteiger charge is -2.24. The first-order valence-corrected chi connectivity index (χ1v) is 11.8. The quantitative estimate of drug-likeness (QED) is 0.468. The van der Waals surface area contributed by atoms with Crippen LogP contribution in [-0.2, 0) is 9.59 Å². The second-order valence-corrected chi connectivity index (χ2v) is 8.77. The Morgan fingerprint density at radius 1 is 1.17 bits per heavy atom. The van der Waals surface area contributed by atoms with Gasteiger partial charge in [-0.3, -0.25) is 19.1 Å². The maximum absolute atomic E-state index is 12.7. The molecule has 1 saturated carbocycles. The number of hydrogen-bond acceptors (Lipinski definition) is 7. The number of para-hydroxylation sites is 1. The molecule has 1 aliphatic heterocycles. The summed E-state index contributed by atoms with van der Waals surface area (Å²) in [5.41, 5.74) is -0.165. The summed E-state index contributed by atoms with van der Waals surface area (Å²) in [6.45, 7) is 0.228. The van der Waals surface area contributed by atoms with Crippen molar-refractivity contribution in [3.63, 3.8) is 0 Å². The van der Waals surface area contributed by atoms with Crippen LogP contribution in [-0.4, -0.2) is 33.1 Å². The number of fused-ring (bicyclic) bond motifs is 1. The first-order valence-electron chi connectivity index (χ1n) is 11.8. The van der Waals surface area contributed by atoms with E-state index in [1.165, 1.54) is 10.6 Å². The molecule has 184 valence electrons. The highest BCUT2D eigenvalue weighted by Gasteiger charge is 2.23. The summed E-state index contributed by atoms with van der Waals surface area (Å²) in [6.07, 6.45) is 5.78. The van der Waals surface area contributed by atoms with Gasteiger partial charge in [0.05, 0.1) is 11.1 Å². The second-order valence-electron chi connectivity index (χ2n) is 8.77. The number of benzene rings is 1. The van der Waals surface area contributed by atoms with Crippen LogP contribution in [0.3, 0.4) is 0 Å². The van der Waals surface area contributed by atoms with Gasteiger partial charge in [0.15, 0.2) is 0 Å². The first kappa shape index (κ1) is 24.2. The summed E-state index contributed by atoms with van der Waals surface area (Å²) in [5, 5.41) is 25.7. The molecule has 35 heavy (non-hydrogen) atoms. The summed E-state index contributed by atoms with van der Waals surface area (Å²) in [4.78, 5) is 54.5. The molecule has 10 nitrogen and oxygen atoms in total. The Morgan fingerprint density at radius 3 is 2.66 bits per heavy atom. The topological polar surface area (TPSA) is 157 Å². The zero-order valence-corrected chi connectivity index (χ0v) is 19.2. The number of nitrogens with one attached hydrogen (secondary N) is 2. The molecule has 0 atom stereocenters. The van der Waals surface area contributed by atoms with E-state index in [0.29, 0.717) is 17.5 Å². The molecule has 2 aliphatic rings. The van der Waals surface area contributed by atoms with E-state index in [1.54, 1.807) is 0 Å². The van der Waals surface area contributed by atoms with Gasteiger partial charge < -0.3 is 20.3 Å². The number of aromatic nitrogens is 2. The lowest BCUT2D eigenvalue weighted by Crippen LogP contribution is -2.34. The lowest BCUT2D eigenvalue weighted by molar-refractivity contribution is -0.305. The molecule has 1 fully saturated rings. The number of amides is 1. The van der Waals surface area contributed by atoms with Gasteiger partial charge in [0.25, 0.3) is 5.56 Å². The first-order chi connectivity index (χ1) is 16.8. The highest BCUT2D eigenvalue weighted by atomic mass is 16.4. The fourth-order valence-electron chi connectivity index (χ4n) is 4.67. The summed E-state index contributed by atoms with van der Waals surface area (Å²) in [6, 6.07) is 7.20. The molecule has 0 bridgehead atoms. The van der Waals surface area contributed by atoms with E-state index in [9.17, 15) is 29.4 Å². The number of nitrogens with zero attached hydrogens (tertiary/aromatic N) is 2. The molecule has 1 aromatic carbocycles. The van der Waals surface area contributed by atoms with E-state index >= 15 is 0 Å². The van der Waals surface area contributed by atoms with E-state index in [4.69, 9.17) is 0 Å². The summed E-state index contributed by atoms with van der Waals surface area (Å²) >= 11 is 0. The minimum Gasteiger partial charge on any atom is -0.550 e. The predicted molar refractivity (Wildman–Crippen MR) is 126 cm³/mol. The Hall–Kier alpha value is -3.95. The number of carbonyl (C=O) groups excluding carboxylic acids is 2. The number of rotatable bonds is 8. The number of H-pyrrole nitrogens is 1. The molecule has 2 aromatic rings. The van der Waals surface area contributed by atoms with Crippen molar-refractivity contribution in [1.29, 1.82) is 0 Å². The third-order valence-electron chi connectivity index (χ3n) is 6.41. The van der Waals surface area contributed by atoms with Crippen LogP contribution in [0.5, 0.6) is 5.88 Å². The van der Waals surface area contributed by atoms with E-state index in [2.05, 4.69) is 15.3 Å². The molecule has 1 amide bonds. The van der Waals surface area contributed by atoms with Crippen LogP contribution < -0.4 is 32.2 Å². The SMILES string of the molecule is O=C([O-])CCC(=O)NCCC1=c2ccccc2=N/C1=C\c1c(O)n(C2CCCCC2)c(=O)[nH]c1=O. The zero-order valence-electron chi connectivity index (χ0n) is 19.2. The number of allylic oxidation sites excluding steroid dienone is 1. The molecular formula is C25H27N4O6-. The Bertz CT molecular complexity index is 1410. The molecule has 0 saturated heterocycles. The maximum Gasteiger partial charge on any atom is 0.331 e. The minimum absolute atomic E-state index is 0.0442. The number of aliphatic carboxylic acids is 1. The molecule has 0 unspecified atom stereocenters. The number of aromatic hydroxyl groups is 1. The van der Waals surface area contributed by atoms with Gasteiger partial charge in [-0.05, 0) is 43.4 Å². The van der Waals surface area contributed by atoms with Crippen LogP contribution in [0.25, 0.3) is 11.6 Å². The number of carboxylic acids is 1. The third kappa shape index (κ3) is 5.42. The second kappa shape index (κ2) is 10.5. The van der Waals surface area contributed by atoms with Crippen LogP contribution >= 0.6 is 0 Å². The van der Waals surface area contributed by atoms with Crippen molar-refractivity contribution in [3.8, 4) is 5.88 Å². The predicted octanol–water partition coefficient (Wildman–Crippen LogP) is -0.391. The van der Waals surface area contributed by atoms with Crippen LogP contribution in [0, 0.1) is 0 Å². The average Bonchev–Trinajstić information content (AvgIpc) is 3.18. The Kier molecular flexibility index (Phi) is 7.28. The van der Waals surface area contributed by atoms with Crippen molar-refractivity contribution in [3.05, 3.63) is 66.9 Å². The van der Waals surface area contributed by atoms with Gasteiger partial charge in [0.2, 0.25) is 11.8 Å². The minimum atomic E-state index is -1.29. The van der Waals surface area contributed by atoms with Crippen LogP contribution in [0.1, 0.15) is 63.0 Å². The molecule has 1 aliphatic carbocycles. The fourth-order valence-corrected chi connectivity index (χ4v) is 4.67. The van der Waals surface area contributed by atoms with Gasteiger partial charge in [0.1, 0.15) is 5.56 Å². The standard InChI is InChI=1S/C25H28N4O6/c30-21(10-11-22(31)32)26-13-12-17-16-8-4-5-9-19(16)27-20(17)14-18-23(33)28-25(35)29(24(18)34)15-6-2-1-3-7-15/h4-5,8-9,14-15,34H,1-3,6-7,10-13H2,(H,26,30)(H,31,32)(H,28,33,35)/p-1/b20-14-. The van der Waals surface area contributed by atoms with E-state index < -0.39 is 23.1 Å². The van der Waals surface area contributed by atoms with Gasteiger partial charge in [-0.15, -0.1) is 0 Å². The number of hydrogen-bond donors (Lipinski definition) is 3. The van der Waals surface area contributed by atoms with Crippen LogP contribution in [0.2, 0.25) is 0 Å².